The molecule has 140 valence electrons. The van der Waals surface area contributed by atoms with Crippen LogP contribution in [0.5, 0.6) is 0 Å². The van der Waals surface area contributed by atoms with Crippen molar-refractivity contribution in [3.8, 4) is 0 Å². The minimum absolute atomic E-state index is 0.0961. The molecule has 0 fully saturated rings. The average molecular weight is 368 g/mol. The number of aromatic amines is 1. The highest BCUT2D eigenvalue weighted by Gasteiger charge is 2.12. The summed E-state index contributed by atoms with van der Waals surface area (Å²) in [4.78, 5) is 39.5. The Morgan fingerprint density at radius 1 is 1.07 bits per heavy atom. The number of rotatable bonds is 7. The van der Waals surface area contributed by atoms with Crippen LogP contribution in [-0.4, -0.2) is 29.2 Å². The quantitative estimate of drug-likeness (QED) is 0.509. The van der Waals surface area contributed by atoms with Gasteiger partial charge in [0.1, 0.15) is 0 Å². The van der Waals surface area contributed by atoms with Gasteiger partial charge in [0, 0.05) is 13.7 Å². The number of H-pyrrole nitrogens is 1. The summed E-state index contributed by atoms with van der Waals surface area (Å²) in [6, 6.07) is 13.9. The third kappa shape index (κ3) is 4.15. The van der Waals surface area contributed by atoms with Crippen molar-refractivity contribution < 1.29 is 14.3 Å². The number of aromatic nitrogens is 2. The predicted molar refractivity (Wildman–Crippen MR) is 101 cm³/mol. The van der Waals surface area contributed by atoms with Gasteiger partial charge >= 0.3 is 11.7 Å². The maximum absolute atomic E-state index is 12.4. The molecular weight excluding hydrogens is 348 g/mol. The Hall–Kier alpha value is -3.19. The maximum atomic E-state index is 12.4. The average Bonchev–Trinajstić information content (AvgIpc) is 2.68. The van der Waals surface area contributed by atoms with Gasteiger partial charge in [-0.25, -0.2) is 9.59 Å². The molecular formula is C20H20N2O5. The lowest BCUT2D eigenvalue weighted by Crippen LogP contribution is -2.35. The van der Waals surface area contributed by atoms with Crippen LogP contribution >= 0.6 is 0 Å². The zero-order valence-electron chi connectivity index (χ0n) is 14.9. The van der Waals surface area contributed by atoms with E-state index in [-0.39, 0.29) is 18.7 Å². The number of hydrogen-bond donors (Lipinski definition) is 1. The lowest BCUT2D eigenvalue weighted by molar-refractivity contribution is 0.0490. The van der Waals surface area contributed by atoms with E-state index in [2.05, 4.69) is 4.98 Å². The lowest BCUT2D eigenvalue weighted by Gasteiger charge is -2.10. The molecule has 0 aliphatic heterocycles. The molecule has 0 aliphatic rings. The molecule has 0 radical (unpaired) electrons. The number of carbonyl (C=O) groups is 1. The van der Waals surface area contributed by atoms with Crippen LogP contribution in [0.3, 0.4) is 0 Å². The normalized spacial score (nSPS) is 10.9. The number of carbonyl (C=O) groups excluding carboxylic acids is 1. The zero-order chi connectivity index (χ0) is 19.2. The SMILES string of the molecule is COCc1ccccc1C(=O)OCCCn1c(=O)[nH]c2ccccc2c1=O. The van der Waals surface area contributed by atoms with Crippen molar-refractivity contribution in [2.45, 2.75) is 19.6 Å². The fourth-order valence-electron chi connectivity index (χ4n) is 2.87. The molecule has 1 aromatic heterocycles. The van der Waals surface area contributed by atoms with E-state index in [1.54, 1.807) is 49.6 Å². The molecule has 27 heavy (non-hydrogen) atoms. The smallest absolute Gasteiger partial charge is 0.338 e. The maximum Gasteiger partial charge on any atom is 0.338 e. The van der Waals surface area contributed by atoms with Gasteiger partial charge in [-0.2, -0.15) is 0 Å². The van der Waals surface area contributed by atoms with Crippen LogP contribution < -0.4 is 11.2 Å². The van der Waals surface area contributed by atoms with Gasteiger partial charge in [0.25, 0.3) is 5.56 Å². The molecule has 0 aliphatic carbocycles. The van der Waals surface area contributed by atoms with Gasteiger partial charge in [-0.05, 0) is 30.2 Å². The molecule has 7 nitrogen and oxygen atoms in total. The van der Waals surface area contributed by atoms with Crippen molar-refractivity contribution in [2.75, 3.05) is 13.7 Å². The van der Waals surface area contributed by atoms with Crippen molar-refractivity contribution in [3.63, 3.8) is 0 Å². The van der Waals surface area contributed by atoms with Crippen LogP contribution in [0.1, 0.15) is 22.3 Å². The van der Waals surface area contributed by atoms with Crippen molar-refractivity contribution in [1.82, 2.24) is 9.55 Å². The summed E-state index contributed by atoms with van der Waals surface area (Å²) in [5.41, 5.74) is 0.860. The number of methoxy groups -OCH3 is 1. The highest BCUT2D eigenvalue weighted by molar-refractivity contribution is 5.91. The summed E-state index contributed by atoms with van der Waals surface area (Å²) in [5, 5.41) is 0.447. The molecule has 3 rings (SSSR count). The van der Waals surface area contributed by atoms with E-state index in [4.69, 9.17) is 9.47 Å². The Balaban J connectivity index is 1.64. The van der Waals surface area contributed by atoms with Gasteiger partial charge in [-0.1, -0.05) is 30.3 Å². The Morgan fingerprint density at radius 2 is 1.81 bits per heavy atom. The number of para-hydroxylation sites is 1. The molecule has 0 saturated carbocycles. The first-order valence-electron chi connectivity index (χ1n) is 8.57. The molecule has 0 bridgehead atoms. The monoisotopic (exact) mass is 368 g/mol. The first-order chi connectivity index (χ1) is 13.1. The predicted octanol–water partition coefficient (Wildman–Crippen LogP) is 2.08. The van der Waals surface area contributed by atoms with Crippen molar-refractivity contribution >= 4 is 16.9 Å². The number of nitrogens with zero attached hydrogens (tertiary/aromatic N) is 1. The largest absolute Gasteiger partial charge is 0.462 e. The Morgan fingerprint density at radius 3 is 2.63 bits per heavy atom. The van der Waals surface area contributed by atoms with Crippen LogP contribution in [0.2, 0.25) is 0 Å². The van der Waals surface area contributed by atoms with Crippen LogP contribution in [0.15, 0.2) is 58.1 Å². The summed E-state index contributed by atoms with van der Waals surface area (Å²) in [5.74, 6) is -0.456. The summed E-state index contributed by atoms with van der Waals surface area (Å²) < 4.78 is 11.5. The van der Waals surface area contributed by atoms with Crippen LogP contribution in [0.25, 0.3) is 10.9 Å². The second kappa shape index (κ2) is 8.46. The third-order valence-electron chi connectivity index (χ3n) is 4.19. The second-order valence-corrected chi connectivity index (χ2v) is 6.01. The minimum atomic E-state index is -0.476. The molecule has 0 saturated heterocycles. The van der Waals surface area contributed by atoms with Gasteiger partial charge in [0.05, 0.1) is 29.7 Å². The first kappa shape index (κ1) is 18.6. The van der Waals surface area contributed by atoms with Gasteiger partial charge in [0.15, 0.2) is 0 Å². The Labute approximate surface area is 155 Å². The van der Waals surface area contributed by atoms with Gasteiger partial charge in [0.2, 0.25) is 0 Å². The third-order valence-corrected chi connectivity index (χ3v) is 4.19. The van der Waals surface area contributed by atoms with Crippen LogP contribution in [0, 0.1) is 0 Å². The highest BCUT2D eigenvalue weighted by Crippen LogP contribution is 2.11. The van der Waals surface area contributed by atoms with E-state index in [1.807, 2.05) is 6.07 Å². The fourth-order valence-corrected chi connectivity index (χ4v) is 2.87. The van der Waals surface area contributed by atoms with E-state index in [0.29, 0.717) is 29.5 Å². The highest BCUT2D eigenvalue weighted by atomic mass is 16.5. The van der Waals surface area contributed by atoms with E-state index < -0.39 is 11.7 Å². The molecule has 3 aromatic rings. The molecule has 1 heterocycles. The summed E-state index contributed by atoms with van der Waals surface area (Å²) >= 11 is 0. The van der Waals surface area contributed by atoms with Crippen molar-refractivity contribution in [2.24, 2.45) is 0 Å². The number of fused-ring (bicyclic) bond motifs is 1. The number of benzene rings is 2. The van der Waals surface area contributed by atoms with Crippen molar-refractivity contribution in [1.29, 1.82) is 0 Å². The van der Waals surface area contributed by atoms with Gasteiger partial charge in [-0.15, -0.1) is 0 Å². The summed E-state index contributed by atoms with van der Waals surface area (Å²) in [6.07, 6.45) is 0.347. The zero-order valence-corrected chi connectivity index (χ0v) is 14.9. The topological polar surface area (TPSA) is 90.4 Å². The standard InChI is InChI=1S/C20H20N2O5/c1-26-13-14-7-2-3-8-15(14)19(24)27-12-6-11-22-18(23)16-9-4-5-10-17(16)21-20(22)25/h2-5,7-10H,6,11-13H2,1H3,(H,21,25). The number of nitrogens with one attached hydrogen (secondary N) is 1. The van der Waals surface area contributed by atoms with E-state index in [1.165, 1.54) is 0 Å². The van der Waals surface area contributed by atoms with Crippen LogP contribution in [-0.2, 0) is 22.6 Å². The van der Waals surface area contributed by atoms with Crippen LogP contribution in [0.4, 0.5) is 0 Å². The van der Waals surface area contributed by atoms with E-state index >= 15 is 0 Å². The fraction of sp³-hybridized carbons (Fsp3) is 0.250. The summed E-state index contributed by atoms with van der Waals surface area (Å²) in [6.45, 7) is 0.567. The lowest BCUT2D eigenvalue weighted by atomic mass is 10.1. The molecule has 0 atom stereocenters. The molecule has 0 unspecified atom stereocenters. The van der Waals surface area contributed by atoms with Gasteiger partial charge < -0.3 is 14.5 Å². The Kier molecular flexibility index (Phi) is 5.83. The first-order valence-corrected chi connectivity index (χ1v) is 8.57. The molecule has 7 heteroatoms. The number of esters is 1. The number of hydrogen-bond acceptors (Lipinski definition) is 5. The van der Waals surface area contributed by atoms with Crippen molar-refractivity contribution in [3.05, 3.63) is 80.5 Å². The molecule has 0 amide bonds. The molecule has 1 N–H and O–H groups in total. The summed E-state index contributed by atoms with van der Waals surface area (Å²) in [7, 11) is 1.56. The van der Waals surface area contributed by atoms with E-state index in [0.717, 1.165) is 10.1 Å². The van der Waals surface area contributed by atoms with Gasteiger partial charge in [-0.3, -0.25) is 9.36 Å². The second-order valence-electron chi connectivity index (χ2n) is 6.01. The number of ether oxygens (including phenoxy) is 2. The van der Waals surface area contributed by atoms with E-state index in [9.17, 15) is 14.4 Å². The minimum Gasteiger partial charge on any atom is -0.462 e. The molecule has 2 aromatic carbocycles. The Bertz CT molecular complexity index is 1070. The molecule has 0 spiro atoms.